The molecule has 2 aromatic rings. The first-order valence-corrected chi connectivity index (χ1v) is 8.51. The maximum atomic E-state index is 10.5. The molecule has 7 nitrogen and oxygen atoms in total. The molecular formula is C17H22ClN5O2. The standard InChI is InChI=1S/C17H22ClN5O2/c1-10-9-25-5-4-23(10)16-21-13(7-14(22-16)17(2,3)24)11-8-20-15(19)6-12(11)18/h6-8,10,24H,4-5,9H2,1-3H3,(H2,19,20)/t10-/m0/s1. The van der Waals surface area contributed by atoms with Gasteiger partial charge < -0.3 is 20.5 Å². The van der Waals surface area contributed by atoms with Crippen LogP contribution < -0.4 is 10.6 Å². The third-order valence-electron chi connectivity index (χ3n) is 4.12. The first kappa shape index (κ1) is 17.8. The minimum Gasteiger partial charge on any atom is -0.384 e. The van der Waals surface area contributed by atoms with E-state index >= 15 is 0 Å². The molecule has 3 N–H and O–H groups in total. The molecule has 0 bridgehead atoms. The quantitative estimate of drug-likeness (QED) is 0.862. The maximum absolute atomic E-state index is 10.5. The van der Waals surface area contributed by atoms with Crippen LogP contribution in [0.1, 0.15) is 26.5 Å². The van der Waals surface area contributed by atoms with Crippen LogP contribution in [0.15, 0.2) is 18.3 Å². The van der Waals surface area contributed by atoms with Crippen molar-refractivity contribution in [3.63, 3.8) is 0 Å². The summed E-state index contributed by atoms with van der Waals surface area (Å²) in [6.07, 6.45) is 1.58. The summed E-state index contributed by atoms with van der Waals surface area (Å²) in [4.78, 5) is 15.4. The molecule has 0 unspecified atom stereocenters. The number of halogens is 1. The average molecular weight is 364 g/mol. The lowest BCUT2D eigenvalue weighted by Crippen LogP contribution is -2.45. The van der Waals surface area contributed by atoms with Crippen LogP contribution >= 0.6 is 11.6 Å². The molecular weight excluding hydrogens is 342 g/mol. The fraction of sp³-hybridized carbons (Fsp3) is 0.471. The molecule has 0 radical (unpaired) electrons. The summed E-state index contributed by atoms with van der Waals surface area (Å²) in [5.74, 6) is 0.880. The van der Waals surface area contributed by atoms with Gasteiger partial charge in [-0.05, 0) is 32.9 Å². The summed E-state index contributed by atoms with van der Waals surface area (Å²) in [6, 6.07) is 3.45. The second-order valence-corrected chi connectivity index (χ2v) is 7.11. The predicted molar refractivity (Wildman–Crippen MR) is 97.6 cm³/mol. The minimum absolute atomic E-state index is 0.138. The van der Waals surface area contributed by atoms with Gasteiger partial charge in [-0.3, -0.25) is 0 Å². The summed E-state index contributed by atoms with van der Waals surface area (Å²) < 4.78 is 5.49. The third-order valence-corrected chi connectivity index (χ3v) is 4.43. The number of hydrogen-bond donors (Lipinski definition) is 2. The SMILES string of the molecule is C[C@H]1COCCN1c1nc(-c2cnc(N)cc2Cl)cc(C(C)(C)O)n1. The molecule has 0 saturated carbocycles. The number of pyridine rings is 1. The molecule has 25 heavy (non-hydrogen) atoms. The van der Waals surface area contributed by atoms with Gasteiger partial charge in [0.2, 0.25) is 5.95 Å². The number of aliphatic hydroxyl groups is 1. The molecule has 1 saturated heterocycles. The van der Waals surface area contributed by atoms with Gasteiger partial charge in [0.1, 0.15) is 11.4 Å². The fourth-order valence-corrected chi connectivity index (χ4v) is 2.93. The highest BCUT2D eigenvalue weighted by molar-refractivity contribution is 6.33. The van der Waals surface area contributed by atoms with Crippen LogP contribution in [0, 0.1) is 0 Å². The zero-order valence-corrected chi connectivity index (χ0v) is 15.3. The zero-order valence-electron chi connectivity index (χ0n) is 14.5. The van der Waals surface area contributed by atoms with E-state index in [4.69, 9.17) is 22.1 Å². The number of ether oxygens (including phenoxy) is 1. The van der Waals surface area contributed by atoms with E-state index in [0.717, 1.165) is 0 Å². The molecule has 3 rings (SSSR count). The summed E-state index contributed by atoms with van der Waals surface area (Å²) in [6.45, 7) is 7.33. The van der Waals surface area contributed by atoms with Gasteiger partial charge in [-0.15, -0.1) is 0 Å². The van der Waals surface area contributed by atoms with Crippen LogP contribution in [0.4, 0.5) is 11.8 Å². The largest absolute Gasteiger partial charge is 0.384 e. The summed E-state index contributed by atoms with van der Waals surface area (Å²) in [7, 11) is 0. The van der Waals surface area contributed by atoms with Gasteiger partial charge in [-0.2, -0.15) is 0 Å². The molecule has 0 amide bonds. The van der Waals surface area contributed by atoms with Crippen molar-refractivity contribution in [2.75, 3.05) is 30.4 Å². The van der Waals surface area contributed by atoms with E-state index in [2.05, 4.69) is 26.8 Å². The number of nitrogen functional groups attached to an aromatic ring is 1. The highest BCUT2D eigenvalue weighted by Gasteiger charge is 2.26. The molecule has 0 aliphatic carbocycles. The van der Waals surface area contributed by atoms with Crippen LogP contribution in [0.3, 0.4) is 0 Å². The number of hydrogen-bond acceptors (Lipinski definition) is 7. The Morgan fingerprint density at radius 2 is 2.12 bits per heavy atom. The van der Waals surface area contributed by atoms with Gasteiger partial charge in [0.05, 0.1) is 35.7 Å². The first-order chi connectivity index (χ1) is 11.8. The van der Waals surface area contributed by atoms with Crippen LogP contribution in [0.25, 0.3) is 11.3 Å². The van der Waals surface area contributed by atoms with Gasteiger partial charge >= 0.3 is 0 Å². The smallest absolute Gasteiger partial charge is 0.226 e. The summed E-state index contributed by atoms with van der Waals surface area (Å²) in [5.41, 5.74) is 6.32. The Morgan fingerprint density at radius 1 is 1.36 bits per heavy atom. The van der Waals surface area contributed by atoms with E-state index in [9.17, 15) is 5.11 Å². The van der Waals surface area contributed by atoms with Crippen LogP contribution in [0.5, 0.6) is 0 Å². The van der Waals surface area contributed by atoms with Crippen molar-refractivity contribution >= 4 is 23.4 Å². The molecule has 134 valence electrons. The Hall–Kier alpha value is -1.96. The Labute approximate surface area is 151 Å². The van der Waals surface area contributed by atoms with Crippen molar-refractivity contribution in [2.45, 2.75) is 32.4 Å². The van der Waals surface area contributed by atoms with Crippen LogP contribution in [0.2, 0.25) is 5.02 Å². The van der Waals surface area contributed by atoms with Gasteiger partial charge in [-0.25, -0.2) is 15.0 Å². The van der Waals surface area contributed by atoms with Gasteiger partial charge in [-0.1, -0.05) is 11.6 Å². The van der Waals surface area contributed by atoms with Gasteiger partial charge in [0.15, 0.2) is 0 Å². The Kier molecular flexibility index (Phi) is 4.81. The Balaban J connectivity index is 2.13. The number of aromatic nitrogens is 3. The van der Waals surface area contributed by atoms with Crippen molar-refractivity contribution < 1.29 is 9.84 Å². The predicted octanol–water partition coefficient (Wildman–Crippen LogP) is 2.23. The number of nitrogens with zero attached hydrogens (tertiary/aromatic N) is 4. The summed E-state index contributed by atoms with van der Waals surface area (Å²) in [5, 5.41) is 10.9. The highest BCUT2D eigenvalue weighted by atomic mass is 35.5. The second-order valence-electron chi connectivity index (χ2n) is 6.70. The molecule has 0 aromatic carbocycles. The first-order valence-electron chi connectivity index (χ1n) is 8.13. The van der Waals surface area contributed by atoms with E-state index in [1.54, 1.807) is 32.2 Å². The van der Waals surface area contributed by atoms with Crippen molar-refractivity contribution in [1.82, 2.24) is 15.0 Å². The number of nitrogens with two attached hydrogens (primary N) is 1. The molecule has 2 aromatic heterocycles. The van der Waals surface area contributed by atoms with Crippen molar-refractivity contribution in [3.8, 4) is 11.3 Å². The average Bonchev–Trinajstić information content (AvgIpc) is 2.54. The lowest BCUT2D eigenvalue weighted by atomic mass is 10.0. The topological polar surface area (TPSA) is 97.4 Å². The molecule has 3 heterocycles. The number of morpholine rings is 1. The van der Waals surface area contributed by atoms with E-state index in [0.29, 0.717) is 53.5 Å². The van der Waals surface area contributed by atoms with Crippen LogP contribution in [-0.4, -0.2) is 45.9 Å². The molecule has 1 fully saturated rings. The monoisotopic (exact) mass is 363 g/mol. The second kappa shape index (κ2) is 6.74. The lowest BCUT2D eigenvalue weighted by Gasteiger charge is -2.34. The molecule has 1 aliphatic rings. The Bertz CT molecular complexity index is 778. The molecule has 0 spiro atoms. The third kappa shape index (κ3) is 3.84. The van der Waals surface area contributed by atoms with Crippen molar-refractivity contribution in [3.05, 3.63) is 29.0 Å². The van der Waals surface area contributed by atoms with E-state index < -0.39 is 5.60 Å². The van der Waals surface area contributed by atoms with Gasteiger partial charge in [0.25, 0.3) is 0 Å². The molecule has 1 aliphatic heterocycles. The number of anilines is 2. The minimum atomic E-state index is -1.12. The zero-order chi connectivity index (χ0) is 18.2. The van der Waals surface area contributed by atoms with Crippen molar-refractivity contribution in [2.24, 2.45) is 0 Å². The molecule has 8 heteroatoms. The number of rotatable bonds is 3. The molecule has 1 atom stereocenters. The van der Waals surface area contributed by atoms with Gasteiger partial charge in [0, 0.05) is 18.3 Å². The normalized spacial score (nSPS) is 18.4. The lowest BCUT2D eigenvalue weighted by molar-refractivity contribution is 0.0733. The van der Waals surface area contributed by atoms with Crippen LogP contribution in [-0.2, 0) is 10.3 Å². The van der Waals surface area contributed by atoms with Crippen molar-refractivity contribution in [1.29, 1.82) is 0 Å². The Morgan fingerprint density at radius 3 is 2.76 bits per heavy atom. The fourth-order valence-electron chi connectivity index (χ4n) is 2.67. The highest BCUT2D eigenvalue weighted by Crippen LogP contribution is 2.31. The summed E-state index contributed by atoms with van der Waals surface area (Å²) >= 11 is 6.32. The van der Waals surface area contributed by atoms with E-state index in [-0.39, 0.29) is 6.04 Å². The van der Waals surface area contributed by atoms with E-state index in [1.807, 2.05) is 0 Å². The maximum Gasteiger partial charge on any atom is 0.226 e. The van der Waals surface area contributed by atoms with E-state index in [1.165, 1.54) is 0 Å².